The first-order chi connectivity index (χ1) is 12.1. The maximum atomic E-state index is 12.5. The highest BCUT2D eigenvalue weighted by Crippen LogP contribution is 2.26. The summed E-state index contributed by atoms with van der Waals surface area (Å²) in [7, 11) is 1.55. The SMILES string of the molecule is CC1CCCCC1OCCNC(=O)c1nn(C)c(=O)c2ccccc12. The van der Waals surface area contributed by atoms with E-state index in [9.17, 15) is 9.59 Å². The van der Waals surface area contributed by atoms with Gasteiger partial charge in [0.2, 0.25) is 0 Å². The summed E-state index contributed by atoms with van der Waals surface area (Å²) in [6.07, 6.45) is 5.10. The van der Waals surface area contributed by atoms with Crippen molar-refractivity contribution in [2.24, 2.45) is 13.0 Å². The number of ether oxygens (including phenoxy) is 1. The van der Waals surface area contributed by atoms with E-state index < -0.39 is 0 Å². The van der Waals surface area contributed by atoms with E-state index in [2.05, 4.69) is 17.3 Å². The van der Waals surface area contributed by atoms with Gasteiger partial charge in [0.1, 0.15) is 0 Å². The molecule has 2 aromatic rings. The number of aromatic nitrogens is 2. The fraction of sp³-hybridized carbons (Fsp3) is 0.526. The van der Waals surface area contributed by atoms with Crippen LogP contribution in [0.4, 0.5) is 0 Å². The maximum absolute atomic E-state index is 12.5. The fourth-order valence-corrected chi connectivity index (χ4v) is 3.46. The van der Waals surface area contributed by atoms with Gasteiger partial charge in [0.15, 0.2) is 5.69 Å². The van der Waals surface area contributed by atoms with Crippen LogP contribution >= 0.6 is 0 Å². The van der Waals surface area contributed by atoms with Crippen molar-refractivity contribution in [3.8, 4) is 0 Å². The number of amides is 1. The summed E-state index contributed by atoms with van der Waals surface area (Å²) in [5, 5.41) is 8.05. The lowest BCUT2D eigenvalue weighted by Crippen LogP contribution is -2.33. The van der Waals surface area contributed by atoms with Gasteiger partial charge in [-0.15, -0.1) is 0 Å². The second-order valence-corrected chi connectivity index (χ2v) is 6.75. The Morgan fingerprint density at radius 3 is 2.76 bits per heavy atom. The monoisotopic (exact) mass is 343 g/mol. The molecule has 2 unspecified atom stereocenters. The number of hydrogen-bond acceptors (Lipinski definition) is 4. The van der Waals surface area contributed by atoms with Gasteiger partial charge >= 0.3 is 0 Å². The molecule has 0 radical (unpaired) electrons. The van der Waals surface area contributed by atoms with E-state index in [1.54, 1.807) is 31.3 Å². The maximum Gasteiger partial charge on any atom is 0.274 e. The summed E-state index contributed by atoms with van der Waals surface area (Å²) < 4.78 is 7.13. The van der Waals surface area contributed by atoms with Crippen LogP contribution in [-0.4, -0.2) is 34.9 Å². The standard InChI is InChI=1S/C19H25N3O3/c1-13-7-3-6-10-16(13)25-12-11-20-18(23)17-14-8-4-5-9-15(14)19(24)22(2)21-17/h4-5,8-9,13,16H,3,6-7,10-12H2,1-2H3,(H,20,23). The van der Waals surface area contributed by atoms with Gasteiger partial charge in [-0.3, -0.25) is 9.59 Å². The Labute approximate surface area is 147 Å². The minimum Gasteiger partial charge on any atom is -0.376 e. The molecular formula is C19H25N3O3. The Bertz CT molecular complexity index is 815. The van der Waals surface area contributed by atoms with Crippen molar-refractivity contribution < 1.29 is 9.53 Å². The minimum absolute atomic E-state index is 0.207. The third-order valence-corrected chi connectivity index (χ3v) is 4.92. The molecule has 0 spiro atoms. The van der Waals surface area contributed by atoms with Crippen LogP contribution in [0.15, 0.2) is 29.1 Å². The predicted octanol–water partition coefficient (Wildman–Crippen LogP) is 2.26. The molecule has 1 aromatic heterocycles. The van der Waals surface area contributed by atoms with Crippen LogP contribution in [0.3, 0.4) is 0 Å². The molecule has 25 heavy (non-hydrogen) atoms. The van der Waals surface area contributed by atoms with Crippen molar-refractivity contribution in [1.82, 2.24) is 15.1 Å². The molecule has 2 atom stereocenters. The number of carbonyl (C=O) groups is 1. The number of aryl methyl sites for hydroxylation is 1. The molecule has 1 aliphatic rings. The lowest BCUT2D eigenvalue weighted by molar-refractivity contribution is -0.00295. The van der Waals surface area contributed by atoms with Gasteiger partial charge in [-0.05, 0) is 24.8 Å². The number of carbonyl (C=O) groups excluding carboxylic acids is 1. The Morgan fingerprint density at radius 1 is 1.28 bits per heavy atom. The molecule has 1 fully saturated rings. The van der Waals surface area contributed by atoms with E-state index in [1.165, 1.54) is 23.9 Å². The molecule has 3 rings (SSSR count). The topological polar surface area (TPSA) is 73.2 Å². The first kappa shape index (κ1) is 17.6. The molecule has 6 nitrogen and oxygen atoms in total. The normalized spacial score (nSPS) is 20.6. The molecule has 1 N–H and O–H groups in total. The number of hydrogen-bond donors (Lipinski definition) is 1. The molecule has 1 amide bonds. The second kappa shape index (κ2) is 7.78. The van der Waals surface area contributed by atoms with Gasteiger partial charge in [-0.1, -0.05) is 38.0 Å². The molecule has 1 aromatic carbocycles. The number of rotatable bonds is 5. The molecule has 1 heterocycles. The zero-order chi connectivity index (χ0) is 17.8. The second-order valence-electron chi connectivity index (χ2n) is 6.75. The van der Waals surface area contributed by atoms with Crippen LogP contribution in [0.1, 0.15) is 43.1 Å². The van der Waals surface area contributed by atoms with Crippen molar-refractivity contribution in [3.63, 3.8) is 0 Å². The van der Waals surface area contributed by atoms with Crippen molar-refractivity contribution >= 4 is 16.7 Å². The first-order valence-corrected chi connectivity index (χ1v) is 8.94. The number of fused-ring (bicyclic) bond motifs is 1. The average molecular weight is 343 g/mol. The third kappa shape index (κ3) is 3.90. The van der Waals surface area contributed by atoms with Crippen molar-refractivity contribution in [2.75, 3.05) is 13.2 Å². The van der Waals surface area contributed by atoms with E-state index in [0.29, 0.717) is 35.9 Å². The Balaban J connectivity index is 1.63. The average Bonchev–Trinajstić information content (AvgIpc) is 2.63. The Hall–Kier alpha value is -2.21. The molecule has 134 valence electrons. The molecule has 0 saturated heterocycles. The van der Waals surface area contributed by atoms with Crippen LogP contribution in [0, 0.1) is 5.92 Å². The van der Waals surface area contributed by atoms with Gasteiger partial charge in [-0.25, -0.2) is 4.68 Å². The van der Waals surface area contributed by atoms with Gasteiger partial charge < -0.3 is 10.1 Å². The highest BCUT2D eigenvalue weighted by Gasteiger charge is 2.21. The molecule has 1 aliphatic carbocycles. The summed E-state index contributed by atoms with van der Waals surface area (Å²) in [6, 6.07) is 7.04. The Morgan fingerprint density at radius 2 is 2.00 bits per heavy atom. The lowest BCUT2D eigenvalue weighted by Gasteiger charge is -2.28. The fourth-order valence-electron chi connectivity index (χ4n) is 3.46. The van der Waals surface area contributed by atoms with Crippen molar-refractivity contribution in [3.05, 3.63) is 40.3 Å². The summed E-state index contributed by atoms with van der Waals surface area (Å²) in [5.74, 6) is 0.297. The molecular weight excluding hydrogens is 318 g/mol. The third-order valence-electron chi connectivity index (χ3n) is 4.92. The predicted molar refractivity (Wildman–Crippen MR) is 96.7 cm³/mol. The lowest BCUT2D eigenvalue weighted by atomic mass is 9.88. The molecule has 0 aliphatic heterocycles. The minimum atomic E-state index is -0.285. The highest BCUT2D eigenvalue weighted by atomic mass is 16.5. The largest absolute Gasteiger partial charge is 0.376 e. The van der Waals surface area contributed by atoms with E-state index in [4.69, 9.17) is 4.74 Å². The zero-order valence-electron chi connectivity index (χ0n) is 14.8. The van der Waals surface area contributed by atoms with Crippen LogP contribution in [0.5, 0.6) is 0 Å². The zero-order valence-corrected chi connectivity index (χ0v) is 14.8. The summed E-state index contributed by atoms with van der Waals surface area (Å²) in [5.41, 5.74) is 0.0607. The van der Waals surface area contributed by atoms with Crippen LogP contribution in [-0.2, 0) is 11.8 Å². The summed E-state index contributed by atoms with van der Waals surface area (Å²) >= 11 is 0. The smallest absolute Gasteiger partial charge is 0.274 e. The van der Waals surface area contributed by atoms with Crippen molar-refractivity contribution in [2.45, 2.75) is 38.7 Å². The quantitative estimate of drug-likeness (QED) is 0.845. The van der Waals surface area contributed by atoms with Crippen LogP contribution in [0.2, 0.25) is 0 Å². The number of nitrogens with zero attached hydrogens (tertiary/aromatic N) is 2. The highest BCUT2D eigenvalue weighted by molar-refractivity contribution is 6.04. The Kier molecular flexibility index (Phi) is 5.48. The number of nitrogens with one attached hydrogen (secondary N) is 1. The summed E-state index contributed by atoms with van der Waals surface area (Å²) in [6.45, 7) is 3.15. The van der Waals surface area contributed by atoms with E-state index >= 15 is 0 Å². The van der Waals surface area contributed by atoms with E-state index in [-0.39, 0.29) is 17.2 Å². The number of benzene rings is 1. The van der Waals surface area contributed by atoms with Gasteiger partial charge in [0, 0.05) is 19.0 Å². The van der Waals surface area contributed by atoms with Gasteiger partial charge in [0.05, 0.1) is 18.1 Å². The molecule has 6 heteroatoms. The van der Waals surface area contributed by atoms with E-state index in [0.717, 1.165) is 6.42 Å². The van der Waals surface area contributed by atoms with Gasteiger partial charge in [-0.2, -0.15) is 5.10 Å². The van der Waals surface area contributed by atoms with Crippen LogP contribution < -0.4 is 10.9 Å². The van der Waals surface area contributed by atoms with Crippen molar-refractivity contribution in [1.29, 1.82) is 0 Å². The molecule has 1 saturated carbocycles. The van der Waals surface area contributed by atoms with E-state index in [1.807, 2.05) is 0 Å². The first-order valence-electron chi connectivity index (χ1n) is 8.94. The molecule has 0 bridgehead atoms. The van der Waals surface area contributed by atoms with Crippen LogP contribution in [0.25, 0.3) is 10.8 Å². The summed E-state index contributed by atoms with van der Waals surface area (Å²) in [4.78, 5) is 24.6. The van der Waals surface area contributed by atoms with Gasteiger partial charge in [0.25, 0.3) is 11.5 Å².